The summed E-state index contributed by atoms with van der Waals surface area (Å²) in [6.45, 7) is 12.3. The van der Waals surface area contributed by atoms with Crippen LogP contribution >= 0.6 is 0 Å². The van der Waals surface area contributed by atoms with Crippen molar-refractivity contribution in [3.05, 3.63) is 17.8 Å². The third kappa shape index (κ3) is 2.89. The molecule has 2 fully saturated rings. The van der Waals surface area contributed by atoms with Crippen LogP contribution in [-0.2, 0) is 9.31 Å². The highest BCUT2D eigenvalue weighted by Gasteiger charge is 2.52. The molecule has 0 aromatic carbocycles. The van der Waals surface area contributed by atoms with Gasteiger partial charge in [0.1, 0.15) is 0 Å². The first-order valence-electron chi connectivity index (χ1n) is 8.22. The first kappa shape index (κ1) is 15.8. The molecule has 1 aliphatic heterocycles. The lowest BCUT2D eigenvalue weighted by molar-refractivity contribution is 0.00578. The minimum atomic E-state index is -0.358. The van der Waals surface area contributed by atoms with Crippen LogP contribution < -0.4 is 10.2 Å². The van der Waals surface area contributed by atoms with E-state index in [0.29, 0.717) is 5.92 Å². The van der Waals surface area contributed by atoms with Crippen molar-refractivity contribution >= 4 is 12.6 Å². The van der Waals surface area contributed by atoms with Crippen molar-refractivity contribution in [1.29, 1.82) is 0 Å². The molecule has 5 heteroatoms. The number of nitrogens with zero attached hydrogens (tertiary/aromatic N) is 1. The average Bonchev–Trinajstić information content (AvgIpc) is 3.18. The molecule has 2 aliphatic rings. The van der Waals surface area contributed by atoms with Gasteiger partial charge < -0.3 is 14.0 Å². The number of pyridine rings is 1. The zero-order chi connectivity index (χ0) is 16.1. The molecule has 0 amide bonds. The van der Waals surface area contributed by atoms with Crippen molar-refractivity contribution in [2.45, 2.75) is 77.6 Å². The normalized spacial score (nSPS) is 23.1. The van der Waals surface area contributed by atoms with Crippen LogP contribution in [0.4, 0.5) is 0 Å². The van der Waals surface area contributed by atoms with Gasteiger partial charge >= 0.3 is 7.12 Å². The molecule has 2 heterocycles. The van der Waals surface area contributed by atoms with Crippen molar-refractivity contribution in [3.63, 3.8) is 0 Å². The van der Waals surface area contributed by atoms with Gasteiger partial charge in [-0.3, -0.25) is 0 Å². The zero-order valence-electron chi connectivity index (χ0n) is 14.5. The highest BCUT2D eigenvalue weighted by Crippen LogP contribution is 2.44. The Bertz CT molecular complexity index is 551. The molecule has 1 saturated carbocycles. The Morgan fingerprint density at radius 2 is 1.77 bits per heavy atom. The summed E-state index contributed by atoms with van der Waals surface area (Å²) in [5.74, 6) is 1.33. The lowest BCUT2D eigenvalue weighted by Gasteiger charge is -2.32. The summed E-state index contributed by atoms with van der Waals surface area (Å²) in [5, 5.41) is 0. The Balaban J connectivity index is 1.88. The lowest BCUT2D eigenvalue weighted by atomic mass is 9.79. The van der Waals surface area contributed by atoms with Gasteiger partial charge in [0.05, 0.1) is 17.3 Å². The van der Waals surface area contributed by atoms with E-state index in [1.165, 1.54) is 18.4 Å². The number of rotatable bonds is 4. The molecule has 0 unspecified atom stereocenters. The number of ether oxygens (including phenoxy) is 1. The molecule has 1 aromatic rings. The van der Waals surface area contributed by atoms with Gasteiger partial charge in [-0.2, -0.15) is 0 Å². The minimum Gasteiger partial charge on any atom is -0.475 e. The summed E-state index contributed by atoms with van der Waals surface area (Å²) in [7, 11) is -0.358. The molecule has 120 valence electrons. The highest BCUT2D eigenvalue weighted by atomic mass is 16.7. The van der Waals surface area contributed by atoms with Gasteiger partial charge in [-0.1, -0.05) is 6.07 Å². The second-order valence-corrected chi connectivity index (χ2v) is 7.69. The Kier molecular flexibility index (Phi) is 3.77. The Morgan fingerprint density at radius 3 is 2.27 bits per heavy atom. The molecule has 3 rings (SSSR count). The first-order chi connectivity index (χ1) is 10.2. The van der Waals surface area contributed by atoms with Gasteiger partial charge in [-0.15, -0.1) is 0 Å². The van der Waals surface area contributed by atoms with E-state index < -0.39 is 0 Å². The molecule has 1 saturated heterocycles. The van der Waals surface area contributed by atoms with E-state index >= 15 is 0 Å². The molecular formula is C17H26BNO3. The van der Waals surface area contributed by atoms with Crippen molar-refractivity contribution in [1.82, 2.24) is 4.98 Å². The maximum Gasteiger partial charge on any atom is 0.496 e. The molecule has 0 bridgehead atoms. The number of hydrogen-bond donors (Lipinski definition) is 0. The quantitative estimate of drug-likeness (QED) is 0.802. The van der Waals surface area contributed by atoms with Crippen LogP contribution in [0.5, 0.6) is 5.88 Å². The second kappa shape index (κ2) is 5.24. The third-order valence-corrected chi connectivity index (χ3v) is 4.79. The zero-order valence-corrected chi connectivity index (χ0v) is 14.5. The molecule has 0 spiro atoms. The van der Waals surface area contributed by atoms with Gasteiger partial charge in [0.2, 0.25) is 5.88 Å². The topological polar surface area (TPSA) is 40.6 Å². The predicted octanol–water partition coefficient (Wildman–Crippen LogP) is 3.05. The van der Waals surface area contributed by atoms with Gasteiger partial charge in [0.25, 0.3) is 0 Å². The molecule has 1 aromatic heterocycles. The Hall–Kier alpha value is -1.07. The fraction of sp³-hybridized carbons (Fsp3) is 0.706. The van der Waals surface area contributed by atoms with E-state index in [9.17, 15) is 0 Å². The number of aromatic nitrogens is 1. The standard InChI is InChI=1S/C17H26BNO3/c1-11(2)20-15-14(12-7-8-12)9-13(10-19-15)18-21-16(3,4)17(5,6)22-18/h9-12H,7-8H2,1-6H3. The predicted molar refractivity (Wildman–Crippen MR) is 87.7 cm³/mol. The maximum atomic E-state index is 6.12. The first-order valence-corrected chi connectivity index (χ1v) is 8.22. The molecule has 0 atom stereocenters. The summed E-state index contributed by atoms with van der Waals surface area (Å²) in [5.41, 5.74) is 1.52. The fourth-order valence-electron chi connectivity index (χ4n) is 2.60. The second-order valence-electron chi connectivity index (χ2n) is 7.69. The molecular weight excluding hydrogens is 277 g/mol. The van der Waals surface area contributed by atoms with Gasteiger partial charge in [-0.25, -0.2) is 4.98 Å². The van der Waals surface area contributed by atoms with Crippen LogP contribution in [0.25, 0.3) is 0 Å². The van der Waals surface area contributed by atoms with E-state index in [1.807, 2.05) is 20.0 Å². The van der Waals surface area contributed by atoms with Crippen LogP contribution in [0.15, 0.2) is 12.3 Å². The summed E-state index contributed by atoms with van der Waals surface area (Å²) in [6, 6.07) is 2.16. The van der Waals surface area contributed by atoms with Crippen molar-refractivity contribution in [2.24, 2.45) is 0 Å². The van der Waals surface area contributed by atoms with Crippen LogP contribution in [0.1, 0.15) is 65.9 Å². The van der Waals surface area contributed by atoms with Crippen LogP contribution in [0.2, 0.25) is 0 Å². The van der Waals surface area contributed by atoms with Gasteiger partial charge in [0.15, 0.2) is 0 Å². The summed E-state index contributed by atoms with van der Waals surface area (Å²) < 4.78 is 18.1. The van der Waals surface area contributed by atoms with Crippen molar-refractivity contribution in [2.75, 3.05) is 0 Å². The van der Waals surface area contributed by atoms with Crippen LogP contribution in [-0.4, -0.2) is 29.4 Å². The third-order valence-electron chi connectivity index (χ3n) is 4.79. The molecule has 4 nitrogen and oxygen atoms in total. The van der Waals surface area contributed by atoms with E-state index in [2.05, 4.69) is 38.7 Å². The monoisotopic (exact) mass is 303 g/mol. The molecule has 0 N–H and O–H groups in total. The smallest absolute Gasteiger partial charge is 0.475 e. The lowest BCUT2D eigenvalue weighted by Crippen LogP contribution is -2.41. The van der Waals surface area contributed by atoms with Gasteiger partial charge in [-0.05, 0) is 60.3 Å². The number of hydrogen-bond acceptors (Lipinski definition) is 4. The molecule has 1 aliphatic carbocycles. The van der Waals surface area contributed by atoms with E-state index in [-0.39, 0.29) is 24.4 Å². The van der Waals surface area contributed by atoms with E-state index in [1.54, 1.807) is 0 Å². The summed E-state index contributed by atoms with van der Waals surface area (Å²) in [4.78, 5) is 4.54. The minimum absolute atomic E-state index is 0.132. The highest BCUT2D eigenvalue weighted by molar-refractivity contribution is 6.62. The SMILES string of the molecule is CC(C)Oc1ncc(B2OC(C)(C)C(C)(C)O2)cc1C1CC1. The fourth-order valence-corrected chi connectivity index (χ4v) is 2.60. The van der Waals surface area contributed by atoms with Crippen molar-refractivity contribution in [3.8, 4) is 5.88 Å². The molecule has 0 radical (unpaired) electrons. The maximum absolute atomic E-state index is 6.12. The summed E-state index contributed by atoms with van der Waals surface area (Å²) in [6.07, 6.45) is 4.38. The van der Waals surface area contributed by atoms with E-state index in [0.717, 1.165) is 11.3 Å². The Morgan fingerprint density at radius 1 is 1.18 bits per heavy atom. The van der Waals surface area contributed by atoms with E-state index in [4.69, 9.17) is 14.0 Å². The van der Waals surface area contributed by atoms with Crippen molar-refractivity contribution < 1.29 is 14.0 Å². The van der Waals surface area contributed by atoms with Gasteiger partial charge in [0, 0.05) is 17.2 Å². The average molecular weight is 303 g/mol. The largest absolute Gasteiger partial charge is 0.496 e. The van der Waals surface area contributed by atoms with Crippen LogP contribution in [0.3, 0.4) is 0 Å². The summed E-state index contributed by atoms with van der Waals surface area (Å²) >= 11 is 0. The van der Waals surface area contributed by atoms with Crippen LogP contribution in [0, 0.1) is 0 Å². The molecule has 22 heavy (non-hydrogen) atoms. The Labute approximate surface area is 133 Å².